The minimum atomic E-state index is -0.370. The Bertz CT molecular complexity index is 367. The Kier molecular flexibility index (Phi) is 5.47. The predicted octanol–water partition coefficient (Wildman–Crippen LogP) is -0.409. The summed E-state index contributed by atoms with van der Waals surface area (Å²) in [5, 5.41) is 9.15. The molecule has 0 saturated heterocycles. The molecule has 8 heteroatoms. The van der Waals surface area contributed by atoms with E-state index in [1.54, 1.807) is 0 Å². The third-order valence-corrected chi connectivity index (χ3v) is 2.92. The molecule has 0 fully saturated rings. The topological polar surface area (TPSA) is 114 Å². The molecule has 4 N–H and O–H groups in total. The second kappa shape index (κ2) is 6.89. The number of hydrogen-bond acceptors (Lipinski definition) is 5. The minimum absolute atomic E-state index is 0.0918. The van der Waals surface area contributed by atoms with Crippen LogP contribution >= 0.6 is 11.8 Å². The Labute approximate surface area is 103 Å². The average Bonchev–Trinajstić information content (AvgIpc) is 2.77. The molecule has 2 amide bonds. The molecule has 1 aromatic rings. The van der Waals surface area contributed by atoms with Crippen molar-refractivity contribution in [3.8, 4) is 0 Å². The van der Waals surface area contributed by atoms with Crippen LogP contribution in [-0.4, -0.2) is 38.5 Å². The van der Waals surface area contributed by atoms with Crippen LogP contribution in [-0.2, 0) is 9.59 Å². The monoisotopic (exact) mass is 257 g/mol. The number of hydrogen-bond donors (Lipinski definition) is 3. The lowest BCUT2D eigenvalue weighted by atomic mass is 10.3. The number of carbonyl (C=O) groups excluding carboxylic acids is 2. The largest absolute Gasteiger partial charge is 0.369 e. The standard InChI is InChI=1S/C9H15N5O2S/c1-6(9-11-5-12-14-9)13-8(16)2-3-17-4-7(10)15/h5-6H,2-4H2,1H3,(H2,10,15)(H,13,16)(H,11,12,14). The van der Waals surface area contributed by atoms with Crippen LogP contribution in [0.3, 0.4) is 0 Å². The van der Waals surface area contributed by atoms with Gasteiger partial charge in [0.25, 0.3) is 0 Å². The lowest BCUT2D eigenvalue weighted by Gasteiger charge is -2.10. The van der Waals surface area contributed by atoms with Crippen LogP contribution in [0.1, 0.15) is 25.2 Å². The molecule has 0 aliphatic carbocycles. The Morgan fingerprint density at radius 2 is 2.41 bits per heavy atom. The SMILES string of the molecule is CC(NC(=O)CCSCC(N)=O)c1ncn[nH]1. The molecular formula is C9H15N5O2S. The van der Waals surface area contributed by atoms with Crippen LogP contribution in [0.5, 0.6) is 0 Å². The van der Waals surface area contributed by atoms with Crippen molar-refractivity contribution < 1.29 is 9.59 Å². The number of nitrogens with zero attached hydrogens (tertiary/aromatic N) is 2. The molecule has 1 unspecified atom stereocenters. The van der Waals surface area contributed by atoms with E-state index in [1.807, 2.05) is 6.92 Å². The van der Waals surface area contributed by atoms with Gasteiger partial charge in [-0.2, -0.15) is 16.9 Å². The summed E-state index contributed by atoms with van der Waals surface area (Å²) in [6, 6.07) is -0.203. The van der Waals surface area contributed by atoms with Crippen molar-refractivity contribution >= 4 is 23.6 Å². The van der Waals surface area contributed by atoms with Crippen molar-refractivity contribution in [2.45, 2.75) is 19.4 Å². The number of rotatable bonds is 7. The van der Waals surface area contributed by atoms with Crippen molar-refractivity contribution in [2.75, 3.05) is 11.5 Å². The molecular weight excluding hydrogens is 242 g/mol. The number of H-pyrrole nitrogens is 1. The first-order valence-corrected chi connectivity index (χ1v) is 6.25. The number of nitrogens with two attached hydrogens (primary N) is 1. The van der Waals surface area contributed by atoms with E-state index in [2.05, 4.69) is 20.5 Å². The molecule has 0 bridgehead atoms. The van der Waals surface area contributed by atoms with Gasteiger partial charge in [-0.1, -0.05) is 0 Å². The first-order chi connectivity index (χ1) is 8.09. The van der Waals surface area contributed by atoms with Gasteiger partial charge in [0.05, 0.1) is 11.8 Å². The van der Waals surface area contributed by atoms with Crippen molar-refractivity contribution in [1.82, 2.24) is 20.5 Å². The first-order valence-electron chi connectivity index (χ1n) is 5.10. The van der Waals surface area contributed by atoms with E-state index in [-0.39, 0.29) is 23.6 Å². The molecule has 1 atom stereocenters. The van der Waals surface area contributed by atoms with Crippen LogP contribution in [0.15, 0.2) is 6.33 Å². The lowest BCUT2D eigenvalue weighted by Crippen LogP contribution is -2.27. The highest BCUT2D eigenvalue weighted by molar-refractivity contribution is 7.99. The first kappa shape index (κ1) is 13.5. The van der Waals surface area contributed by atoms with Crippen molar-refractivity contribution in [3.05, 3.63) is 12.2 Å². The van der Waals surface area contributed by atoms with Crippen molar-refractivity contribution in [3.63, 3.8) is 0 Å². The van der Waals surface area contributed by atoms with Gasteiger partial charge >= 0.3 is 0 Å². The highest BCUT2D eigenvalue weighted by Gasteiger charge is 2.11. The van der Waals surface area contributed by atoms with Gasteiger partial charge in [-0.05, 0) is 6.92 Å². The third-order valence-electron chi connectivity index (χ3n) is 1.94. The van der Waals surface area contributed by atoms with E-state index in [1.165, 1.54) is 18.1 Å². The molecule has 94 valence electrons. The van der Waals surface area contributed by atoms with E-state index in [0.29, 0.717) is 18.0 Å². The van der Waals surface area contributed by atoms with Gasteiger partial charge < -0.3 is 11.1 Å². The fraction of sp³-hybridized carbons (Fsp3) is 0.556. The fourth-order valence-corrected chi connectivity index (χ4v) is 1.82. The molecule has 0 aromatic carbocycles. The normalized spacial score (nSPS) is 12.1. The Hall–Kier alpha value is -1.57. The highest BCUT2D eigenvalue weighted by Crippen LogP contribution is 2.06. The summed E-state index contributed by atoms with van der Waals surface area (Å²) in [6.07, 6.45) is 1.73. The smallest absolute Gasteiger partial charge is 0.227 e. The van der Waals surface area contributed by atoms with E-state index in [9.17, 15) is 9.59 Å². The summed E-state index contributed by atoms with van der Waals surface area (Å²) >= 11 is 1.34. The van der Waals surface area contributed by atoms with Gasteiger partial charge in [-0.15, -0.1) is 0 Å². The minimum Gasteiger partial charge on any atom is -0.369 e. The zero-order chi connectivity index (χ0) is 12.7. The number of thioether (sulfide) groups is 1. The van der Waals surface area contributed by atoms with E-state index in [4.69, 9.17) is 5.73 Å². The Balaban J connectivity index is 2.19. The summed E-state index contributed by atoms with van der Waals surface area (Å²) in [5.41, 5.74) is 4.97. The summed E-state index contributed by atoms with van der Waals surface area (Å²) in [6.45, 7) is 1.81. The number of aromatic amines is 1. The Morgan fingerprint density at radius 3 is 3.00 bits per heavy atom. The van der Waals surface area contributed by atoms with Crippen LogP contribution < -0.4 is 11.1 Å². The van der Waals surface area contributed by atoms with Crippen molar-refractivity contribution in [1.29, 1.82) is 0 Å². The fourth-order valence-electron chi connectivity index (χ4n) is 1.14. The zero-order valence-electron chi connectivity index (χ0n) is 9.47. The molecule has 0 saturated carbocycles. The molecule has 17 heavy (non-hydrogen) atoms. The van der Waals surface area contributed by atoms with Gasteiger partial charge in [0.1, 0.15) is 12.2 Å². The number of amides is 2. The average molecular weight is 257 g/mol. The predicted molar refractivity (Wildman–Crippen MR) is 64.1 cm³/mol. The van der Waals surface area contributed by atoms with Gasteiger partial charge in [0.15, 0.2) is 0 Å². The second-order valence-corrected chi connectivity index (χ2v) is 4.53. The molecule has 7 nitrogen and oxygen atoms in total. The van der Waals surface area contributed by atoms with Gasteiger partial charge in [0, 0.05) is 12.2 Å². The van der Waals surface area contributed by atoms with Crippen LogP contribution in [0, 0.1) is 0 Å². The summed E-state index contributed by atoms with van der Waals surface area (Å²) in [5.74, 6) is 0.961. The van der Waals surface area contributed by atoms with Crippen LogP contribution in [0.2, 0.25) is 0 Å². The van der Waals surface area contributed by atoms with Crippen molar-refractivity contribution in [2.24, 2.45) is 5.73 Å². The molecule has 0 radical (unpaired) electrons. The highest BCUT2D eigenvalue weighted by atomic mass is 32.2. The van der Waals surface area contributed by atoms with Gasteiger partial charge in [0.2, 0.25) is 11.8 Å². The molecule has 1 heterocycles. The third kappa shape index (κ3) is 5.34. The number of aromatic nitrogens is 3. The molecule has 0 aliphatic heterocycles. The quantitative estimate of drug-likeness (QED) is 0.575. The number of carbonyl (C=O) groups is 2. The Morgan fingerprint density at radius 1 is 1.65 bits per heavy atom. The molecule has 1 aromatic heterocycles. The van der Waals surface area contributed by atoms with Gasteiger partial charge in [-0.25, -0.2) is 4.98 Å². The summed E-state index contributed by atoms with van der Waals surface area (Å²) < 4.78 is 0. The number of primary amides is 1. The maximum absolute atomic E-state index is 11.5. The zero-order valence-corrected chi connectivity index (χ0v) is 10.3. The van der Waals surface area contributed by atoms with E-state index in [0.717, 1.165) is 0 Å². The maximum Gasteiger partial charge on any atom is 0.227 e. The van der Waals surface area contributed by atoms with Crippen LogP contribution in [0.4, 0.5) is 0 Å². The van der Waals surface area contributed by atoms with Crippen LogP contribution in [0.25, 0.3) is 0 Å². The van der Waals surface area contributed by atoms with E-state index < -0.39 is 0 Å². The second-order valence-electron chi connectivity index (χ2n) is 3.43. The molecule has 1 rings (SSSR count). The molecule has 0 aliphatic rings. The maximum atomic E-state index is 11.5. The summed E-state index contributed by atoms with van der Waals surface area (Å²) in [4.78, 5) is 25.9. The summed E-state index contributed by atoms with van der Waals surface area (Å²) in [7, 11) is 0. The van der Waals surface area contributed by atoms with E-state index >= 15 is 0 Å². The lowest BCUT2D eigenvalue weighted by molar-refractivity contribution is -0.121. The van der Waals surface area contributed by atoms with Gasteiger partial charge in [-0.3, -0.25) is 14.7 Å². The molecule has 0 spiro atoms. The number of nitrogens with one attached hydrogen (secondary N) is 2.